The van der Waals surface area contributed by atoms with E-state index < -0.39 is 25.9 Å². The van der Waals surface area contributed by atoms with Crippen molar-refractivity contribution in [3.63, 3.8) is 0 Å². The fraction of sp³-hybridized carbons (Fsp3) is 0.429. The molecule has 0 saturated carbocycles. The predicted octanol–water partition coefficient (Wildman–Crippen LogP) is 8.76. The van der Waals surface area contributed by atoms with Crippen LogP contribution in [0.4, 0.5) is 0 Å². The van der Waals surface area contributed by atoms with Crippen molar-refractivity contribution in [1.82, 2.24) is 0 Å². The summed E-state index contributed by atoms with van der Waals surface area (Å²) in [6.45, 7) is 14.4. The summed E-state index contributed by atoms with van der Waals surface area (Å²) in [5.74, 6) is 0. The topological polar surface area (TPSA) is 0 Å². The highest BCUT2D eigenvalue weighted by Gasteiger charge is 2.65. The second-order valence-electron chi connectivity index (χ2n) is 11.5. The van der Waals surface area contributed by atoms with Gasteiger partial charge in [-0.1, -0.05) is 113 Å². The molecule has 2 aromatic rings. The van der Waals surface area contributed by atoms with Crippen molar-refractivity contribution in [2.24, 2.45) is 5.41 Å². The largest absolute Gasteiger partial charge is 0.120 e. The summed E-state index contributed by atoms with van der Waals surface area (Å²) >= 11 is 15.9. The van der Waals surface area contributed by atoms with Gasteiger partial charge < -0.3 is 0 Å². The molecule has 4 heteroatoms. The number of fused-ring (bicyclic) bond motifs is 2. The van der Waals surface area contributed by atoms with Crippen LogP contribution in [0, 0.1) is 5.41 Å². The third-order valence-corrected chi connectivity index (χ3v) is 18.0. The van der Waals surface area contributed by atoms with Gasteiger partial charge in [-0.2, -0.15) is 0 Å². The minimum atomic E-state index is -2.51. The van der Waals surface area contributed by atoms with E-state index >= 15 is 0 Å². The molecule has 0 nitrogen and oxygen atoms in total. The lowest BCUT2D eigenvalue weighted by atomic mass is 10.0. The van der Waals surface area contributed by atoms with Crippen LogP contribution in [0.1, 0.15) is 49.4 Å². The Morgan fingerprint density at radius 3 is 2.12 bits per heavy atom. The lowest BCUT2D eigenvalue weighted by Gasteiger charge is -2.53. The standard InChI is InChI=1S/C28H36Cl2Si2/c1-26(2,3)20-32(6,27(29)17-15-21-11-7-9-13-24(21)27)28(30)23(16-18-31(4)5)19-22-12-8-10-14-25(22)28/h7-15,17,19,31H,16,18,20H2,1-6H3. The van der Waals surface area contributed by atoms with E-state index in [2.05, 4.69) is 107 Å². The quantitative estimate of drug-likeness (QED) is 0.275. The first-order valence-electron chi connectivity index (χ1n) is 11.9. The molecule has 0 fully saturated rings. The van der Waals surface area contributed by atoms with Gasteiger partial charge >= 0.3 is 0 Å². The van der Waals surface area contributed by atoms with Gasteiger partial charge in [0.25, 0.3) is 0 Å². The summed E-state index contributed by atoms with van der Waals surface area (Å²) in [7, 11) is -3.22. The molecule has 0 radical (unpaired) electrons. The van der Waals surface area contributed by atoms with Crippen LogP contribution < -0.4 is 0 Å². The Morgan fingerprint density at radius 2 is 1.50 bits per heavy atom. The Balaban J connectivity index is 1.97. The van der Waals surface area contributed by atoms with E-state index in [4.69, 9.17) is 23.2 Å². The summed E-state index contributed by atoms with van der Waals surface area (Å²) < 4.78 is -1.08. The summed E-state index contributed by atoms with van der Waals surface area (Å²) in [6, 6.07) is 19.7. The third kappa shape index (κ3) is 3.72. The first-order chi connectivity index (χ1) is 14.9. The van der Waals surface area contributed by atoms with Crippen molar-refractivity contribution in [1.29, 1.82) is 0 Å². The highest BCUT2D eigenvalue weighted by molar-refractivity contribution is 6.96. The second kappa shape index (κ2) is 8.30. The lowest BCUT2D eigenvalue weighted by molar-refractivity contribution is 0.453. The van der Waals surface area contributed by atoms with Crippen molar-refractivity contribution < 1.29 is 0 Å². The summed E-state index contributed by atoms with van der Waals surface area (Å²) in [6.07, 6.45) is 7.98. The van der Waals surface area contributed by atoms with Crippen LogP contribution in [-0.2, 0) is 8.99 Å². The molecule has 3 atom stereocenters. The number of hydrogen-bond donors (Lipinski definition) is 0. The Morgan fingerprint density at radius 1 is 0.906 bits per heavy atom. The van der Waals surface area contributed by atoms with Gasteiger partial charge in [-0.3, -0.25) is 0 Å². The Labute approximate surface area is 207 Å². The summed E-state index contributed by atoms with van der Waals surface area (Å²) in [5.41, 5.74) is 6.55. The molecule has 0 spiro atoms. The van der Waals surface area contributed by atoms with Crippen LogP contribution in [0.15, 0.2) is 60.2 Å². The first-order valence-corrected chi connectivity index (χ1v) is 18.5. The molecule has 0 amide bonds. The van der Waals surface area contributed by atoms with Crippen LogP contribution in [0.25, 0.3) is 12.2 Å². The van der Waals surface area contributed by atoms with Crippen molar-refractivity contribution in [2.75, 3.05) is 0 Å². The van der Waals surface area contributed by atoms with Gasteiger partial charge in [-0.15, -0.1) is 23.2 Å². The van der Waals surface area contributed by atoms with Crippen LogP contribution in [-0.4, -0.2) is 16.9 Å². The van der Waals surface area contributed by atoms with Gasteiger partial charge in [0, 0.05) is 8.80 Å². The molecule has 32 heavy (non-hydrogen) atoms. The normalized spacial score (nSPS) is 26.1. The van der Waals surface area contributed by atoms with Crippen molar-refractivity contribution >= 4 is 52.2 Å². The molecule has 3 unspecified atom stereocenters. The lowest BCUT2D eigenvalue weighted by Crippen LogP contribution is -2.63. The van der Waals surface area contributed by atoms with E-state index in [1.807, 2.05) is 0 Å². The van der Waals surface area contributed by atoms with Gasteiger partial charge in [0.05, 0.1) is 8.99 Å². The number of rotatable bonds is 6. The average Bonchev–Trinajstić information content (AvgIpc) is 3.22. The molecule has 0 saturated heterocycles. The van der Waals surface area contributed by atoms with Gasteiger partial charge in [0.2, 0.25) is 0 Å². The van der Waals surface area contributed by atoms with Crippen molar-refractivity contribution in [2.45, 2.75) is 67.9 Å². The smallest absolute Gasteiger partial charge is 0.113 e. The fourth-order valence-electron chi connectivity index (χ4n) is 6.05. The molecule has 0 bridgehead atoms. The summed E-state index contributed by atoms with van der Waals surface area (Å²) in [4.78, 5) is 0. The van der Waals surface area contributed by atoms with Crippen LogP contribution in [0.2, 0.25) is 31.7 Å². The fourth-order valence-corrected chi connectivity index (χ4v) is 15.0. The maximum atomic E-state index is 8.09. The van der Waals surface area contributed by atoms with E-state index in [-0.39, 0.29) is 5.41 Å². The van der Waals surface area contributed by atoms with Gasteiger partial charge in [-0.25, -0.2) is 0 Å². The Hall–Kier alpha value is -1.07. The predicted molar refractivity (Wildman–Crippen MR) is 149 cm³/mol. The average molecular weight is 500 g/mol. The van der Waals surface area contributed by atoms with E-state index in [1.54, 1.807) is 0 Å². The molecule has 2 aliphatic rings. The summed E-state index contributed by atoms with van der Waals surface area (Å²) in [5, 5.41) is 0. The van der Waals surface area contributed by atoms with Crippen molar-refractivity contribution in [3.8, 4) is 0 Å². The third-order valence-electron chi connectivity index (χ3n) is 7.39. The molecular formula is C28H36Cl2Si2. The van der Waals surface area contributed by atoms with E-state index in [1.165, 1.54) is 33.9 Å². The number of allylic oxidation sites excluding steroid dienone is 2. The van der Waals surface area contributed by atoms with Gasteiger partial charge in [0.1, 0.15) is 8.07 Å². The maximum absolute atomic E-state index is 8.09. The molecule has 170 valence electrons. The molecule has 0 N–H and O–H groups in total. The van der Waals surface area contributed by atoms with Gasteiger partial charge in [0.15, 0.2) is 0 Å². The van der Waals surface area contributed by atoms with Gasteiger partial charge in [-0.05, 0) is 45.7 Å². The number of halogens is 2. The highest BCUT2D eigenvalue weighted by atomic mass is 35.5. The van der Waals surface area contributed by atoms with E-state index in [9.17, 15) is 0 Å². The number of alkyl halides is 2. The second-order valence-corrected chi connectivity index (χ2v) is 21.3. The van der Waals surface area contributed by atoms with Crippen LogP contribution in [0.3, 0.4) is 0 Å². The zero-order valence-electron chi connectivity index (χ0n) is 20.3. The van der Waals surface area contributed by atoms with Crippen molar-refractivity contribution in [3.05, 3.63) is 82.4 Å². The van der Waals surface area contributed by atoms with Crippen LogP contribution in [0.5, 0.6) is 0 Å². The molecule has 2 aromatic carbocycles. The minimum absolute atomic E-state index is 0.117. The molecule has 0 heterocycles. The monoisotopic (exact) mass is 498 g/mol. The maximum Gasteiger partial charge on any atom is 0.120 e. The number of hydrogen-bond acceptors (Lipinski definition) is 0. The highest BCUT2D eigenvalue weighted by Crippen LogP contribution is 2.63. The van der Waals surface area contributed by atoms with E-state index in [0.717, 1.165) is 12.5 Å². The SMILES string of the molecule is C[SiH](C)CCC1=Cc2ccccc2C1(Cl)[Si](C)(CC(C)(C)C)C1(Cl)C=Cc2ccccc21. The number of benzene rings is 2. The zero-order chi connectivity index (χ0) is 23.4. The molecule has 0 aromatic heterocycles. The molecule has 4 rings (SSSR count). The molecular weight excluding hydrogens is 463 g/mol. The Kier molecular flexibility index (Phi) is 6.25. The minimum Gasteiger partial charge on any atom is -0.113 e. The molecule has 0 aliphatic heterocycles. The van der Waals surface area contributed by atoms with E-state index in [0.29, 0.717) is 0 Å². The molecule has 2 aliphatic carbocycles. The first kappa shape index (κ1) is 24.1. The zero-order valence-corrected chi connectivity index (χ0v) is 24.0. The Bertz CT molecular complexity index is 1080. The van der Waals surface area contributed by atoms with Crippen LogP contribution >= 0.6 is 23.2 Å².